The fourth-order valence-electron chi connectivity index (χ4n) is 2.73. The summed E-state index contributed by atoms with van der Waals surface area (Å²) in [5.41, 5.74) is 1.51. The zero-order valence-corrected chi connectivity index (χ0v) is 15.0. The van der Waals surface area contributed by atoms with Gasteiger partial charge in [-0.3, -0.25) is 4.90 Å². The Morgan fingerprint density at radius 3 is 2.92 bits per heavy atom. The van der Waals surface area contributed by atoms with E-state index in [0.29, 0.717) is 24.6 Å². The lowest BCUT2D eigenvalue weighted by atomic mass is 10.2. The molecule has 9 heteroatoms. The molecule has 9 nitrogen and oxygen atoms in total. The van der Waals surface area contributed by atoms with Crippen LogP contribution < -0.4 is 10.6 Å². The topological polar surface area (TPSA) is 97.2 Å². The summed E-state index contributed by atoms with van der Waals surface area (Å²) < 4.78 is 5.32. The van der Waals surface area contributed by atoms with Crippen LogP contribution >= 0.6 is 0 Å². The lowest BCUT2D eigenvalue weighted by Crippen LogP contribution is -2.38. The van der Waals surface area contributed by atoms with Gasteiger partial charge in [0.25, 0.3) is 0 Å². The van der Waals surface area contributed by atoms with Crippen LogP contribution in [0, 0.1) is 0 Å². The fraction of sp³-hybridized carbons (Fsp3) is 0.529. The van der Waals surface area contributed by atoms with E-state index >= 15 is 0 Å². The van der Waals surface area contributed by atoms with E-state index in [1.807, 2.05) is 31.2 Å². The van der Waals surface area contributed by atoms with E-state index in [9.17, 15) is 4.79 Å². The van der Waals surface area contributed by atoms with Gasteiger partial charge in [0, 0.05) is 30.9 Å². The molecule has 0 radical (unpaired) electrons. The zero-order chi connectivity index (χ0) is 18.2. The standard InChI is InChI=1S/C17H25N7O2/c1-2-24-21-16(20-22-24)14-5-3-6-15(13-14)19-17(25)18-7-4-8-23-9-11-26-12-10-23/h3,5-6,13H,2,4,7-12H2,1H3,(H2,18,19,25). The Hall–Kier alpha value is -2.52. The second-order valence-electron chi connectivity index (χ2n) is 6.07. The number of carbonyl (C=O) groups is 1. The number of anilines is 1. The quantitative estimate of drug-likeness (QED) is 0.721. The molecule has 1 aromatic heterocycles. The van der Waals surface area contributed by atoms with E-state index in [2.05, 4.69) is 30.9 Å². The molecule has 140 valence electrons. The van der Waals surface area contributed by atoms with Gasteiger partial charge in [-0.15, -0.1) is 10.2 Å². The Kier molecular flexibility index (Phi) is 6.50. The molecular weight excluding hydrogens is 334 g/mol. The Bertz CT molecular complexity index is 713. The third kappa shape index (κ3) is 5.24. The number of morpholine rings is 1. The van der Waals surface area contributed by atoms with Crippen LogP contribution in [0.4, 0.5) is 10.5 Å². The largest absolute Gasteiger partial charge is 0.379 e. The molecule has 1 aliphatic heterocycles. The van der Waals surface area contributed by atoms with Crippen LogP contribution in [0.3, 0.4) is 0 Å². The Labute approximate surface area is 152 Å². The number of nitrogens with zero attached hydrogens (tertiary/aromatic N) is 5. The number of nitrogens with one attached hydrogen (secondary N) is 2. The molecule has 0 aliphatic carbocycles. The highest BCUT2D eigenvalue weighted by molar-refractivity contribution is 5.89. The van der Waals surface area contributed by atoms with Crippen LogP contribution in [-0.4, -0.2) is 70.5 Å². The summed E-state index contributed by atoms with van der Waals surface area (Å²) in [6, 6.07) is 7.21. The van der Waals surface area contributed by atoms with Crippen molar-refractivity contribution in [3.8, 4) is 11.4 Å². The van der Waals surface area contributed by atoms with Crippen molar-refractivity contribution >= 4 is 11.7 Å². The van der Waals surface area contributed by atoms with Crippen LogP contribution in [0.5, 0.6) is 0 Å². The molecule has 1 saturated heterocycles. The Morgan fingerprint density at radius 2 is 2.15 bits per heavy atom. The third-order valence-electron chi connectivity index (χ3n) is 4.15. The van der Waals surface area contributed by atoms with Crippen LogP contribution in [0.15, 0.2) is 24.3 Å². The monoisotopic (exact) mass is 359 g/mol. The van der Waals surface area contributed by atoms with Crippen molar-refractivity contribution in [3.05, 3.63) is 24.3 Å². The van der Waals surface area contributed by atoms with Crippen molar-refractivity contribution in [3.63, 3.8) is 0 Å². The molecule has 1 fully saturated rings. The molecule has 2 aromatic rings. The molecule has 3 rings (SSSR count). The Morgan fingerprint density at radius 1 is 1.31 bits per heavy atom. The maximum atomic E-state index is 12.1. The number of hydrogen-bond acceptors (Lipinski definition) is 6. The summed E-state index contributed by atoms with van der Waals surface area (Å²) in [4.78, 5) is 15.9. The van der Waals surface area contributed by atoms with Gasteiger partial charge in [0.2, 0.25) is 5.82 Å². The lowest BCUT2D eigenvalue weighted by molar-refractivity contribution is 0.0375. The average Bonchev–Trinajstić information content (AvgIpc) is 3.16. The summed E-state index contributed by atoms with van der Waals surface area (Å²) in [6.07, 6.45) is 0.914. The number of amides is 2. The van der Waals surface area contributed by atoms with Gasteiger partial charge in [-0.1, -0.05) is 12.1 Å². The first-order valence-electron chi connectivity index (χ1n) is 8.98. The second-order valence-corrected chi connectivity index (χ2v) is 6.07. The summed E-state index contributed by atoms with van der Waals surface area (Å²) in [5.74, 6) is 0.543. The zero-order valence-electron chi connectivity index (χ0n) is 15.0. The maximum absolute atomic E-state index is 12.1. The first kappa shape index (κ1) is 18.3. The number of aryl methyl sites for hydroxylation is 1. The van der Waals surface area contributed by atoms with Crippen molar-refractivity contribution in [2.24, 2.45) is 0 Å². The van der Waals surface area contributed by atoms with Crippen molar-refractivity contribution < 1.29 is 9.53 Å². The molecule has 2 heterocycles. The van der Waals surface area contributed by atoms with E-state index in [4.69, 9.17) is 4.74 Å². The van der Waals surface area contributed by atoms with Gasteiger partial charge < -0.3 is 15.4 Å². The van der Waals surface area contributed by atoms with Crippen molar-refractivity contribution in [2.75, 3.05) is 44.7 Å². The molecular formula is C17H25N7O2. The van der Waals surface area contributed by atoms with Gasteiger partial charge in [-0.25, -0.2) is 4.79 Å². The molecule has 0 unspecified atom stereocenters. The molecule has 0 saturated carbocycles. The molecule has 0 spiro atoms. The van der Waals surface area contributed by atoms with Crippen LogP contribution in [0.25, 0.3) is 11.4 Å². The molecule has 0 atom stereocenters. The minimum Gasteiger partial charge on any atom is -0.379 e. The number of tetrazole rings is 1. The number of rotatable bonds is 7. The third-order valence-corrected chi connectivity index (χ3v) is 4.15. The predicted molar refractivity (Wildman–Crippen MR) is 97.8 cm³/mol. The summed E-state index contributed by atoms with van der Waals surface area (Å²) in [7, 11) is 0. The van der Waals surface area contributed by atoms with Gasteiger partial charge in [0.05, 0.1) is 19.8 Å². The summed E-state index contributed by atoms with van der Waals surface area (Å²) in [6.45, 7) is 7.75. The molecule has 26 heavy (non-hydrogen) atoms. The molecule has 0 bridgehead atoms. The molecule has 2 N–H and O–H groups in total. The van der Waals surface area contributed by atoms with Gasteiger partial charge in [-0.05, 0) is 37.2 Å². The van der Waals surface area contributed by atoms with E-state index in [-0.39, 0.29) is 6.03 Å². The van der Waals surface area contributed by atoms with Crippen molar-refractivity contribution in [1.29, 1.82) is 0 Å². The molecule has 1 aliphatic rings. The fourth-order valence-corrected chi connectivity index (χ4v) is 2.73. The van der Waals surface area contributed by atoms with Crippen molar-refractivity contribution in [1.82, 2.24) is 30.4 Å². The SMILES string of the molecule is CCn1nnc(-c2cccc(NC(=O)NCCCN3CCOCC3)c2)n1. The summed E-state index contributed by atoms with van der Waals surface area (Å²) >= 11 is 0. The minimum atomic E-state index is -0.214. The van der Waals surface area contributed by atoms with Crippen LogP contribution in [0.2, 0.25) is 0 Å². The lowest BCUT2D eigenvalue weighted by Gasteiger charge is -2.26. The van der Waals surface area contributed by atoms with Crippen molar-refractivity contribution in [2.45, 2.75) is 19.9 Å². The highest BCUT2D eigenvalue weighted by Crippen LogP contribution is 2.18. The maximum Gasteiger partial charge on any atom is 0.319 e. The van der Waals surface area contributed by atoms with Crippen LogP contribution in [-0.2, 0) is 11.3 Å². The summed E-state index contributed by atoms with van der Waals surface area (Å²) in [5, 5.41) is 18.0. The molecule has 2 amide bonds. The normalized spacial score (nSPS) is 15.0. The number of benzene rings is 1. The smallest absolute Gasteiger partial charge is 0.319 e. The van der Waals surface area contributed by atoms with Gasteiger partial charge in [0.1, 0.15) is 0 Å². The first-order valence-corrected chi connectivity index (χ1v) is 8.98. The first-order chi connectivity index (χ1) is 12.7. The highest BCUT2D eigenvalue weighted by atomic mass is 16.5. The number of hydrogen-bond donors (Lipinski definition) is 2. The minimum absolute atomic E-state index is 0.214. The van der Waals surface area contributed by atoms with Gasteiger partial charge in [-0.2, -0.15) is 4.80 Å². The highest BCUT2D eigenvalue weighted by Gasteiger charge is 2.10. The van der Waals surface area contributed by atoms with Gasteiger partial charge >= 0.3 is 6.03 Å². The number of ether oxygens (including phenoxy) is 1. The average molecular weight is 359 g/mol. The van der Waals surface area contributed by atoms with E-state index in [1.165, 1.54) is 4.80 Å². The Balaban J connectivity index is 1.44. The van der Waals surface area contributed by atoms with E-state index < -0.39 is 0 Å². The predicted octanol–water partition coefficient (Wildman–Crippen LogP) is 1.20. The molecule has 1 aromatic carbocycles. The van der Waals surface area contributed by atoms with Crippen LogP contribution in [0.1, 0.15) is 13.3 Å². The number of carbonyl (C=O) groups excluding carboxylic acids is 1. The van der Waals surface area contributed by atoms with E-state index in [1.54, 1.807) is 0 Å². The number of urea groups is 1. The van der Waals surface area contributed by atoms with Gasteiger partial charge in [0.15, 0.2) is 0 Å². The number of aromatic nitrogens is 4. The van der Waals surface area contributed by atoms with E-state index in [0.717, 1.165) is 44.8 Å². The second kappa shape index (κ2) is 9.25.